The minimum absolute atomic E-state index is 0.280. The fraction of sp³-hybridized carbons (Fsp3) is 0.217. The summed E-state index contributed by atoms with van der Waals surface area (Å²) in [4.78, 5) is 0. The molecule has 4 rings (SSSR count). The third kappa shape index (κ3) is 2.85. The molecular weight excluding hydrogens is 340 g/mol. The molecule has 2 nitrogen and oxygen atoms in total. The van der Waals surface area contributed by atoms with Crippen LogP contribution in [0.25, 0.3) is 22.0 Å². The molecule has 0 saturated carbocycles. The standard InChI is InChI=1S/C23H23ClN2/c1-3-16-7-12-23-20(13-16)21(19-5-4-6-22(25)15(19)2)14-26(23)18-10-8-17(24)9-11-18/h4-10,12-14,18H,3,11,25H2,1-2H3. The van der Waals surface area contributed by atoms with Crippen LogP contribution >= 0.6 is 11.6 Å². The molecule has 132 valence electrons. The van der Waals surface area contributed by atoms with Gasteiger partial charge in [0.25, 0.3) is 0 Å². The van der Waals surface area contributed by atoms with Gasteiger partial charge >= 0.3 is 0 Å². The van der Waals surface area contributed by atoms with E-state index in [-0.39, 0.29) is 6.04 Å². The molecule has 0 radical (unpaired) electrons. The molecule has 3 heteroatoms. The Hall–Kier alpha value is -2.45. The minimum atomic E-state index is 0.280. The normalized spacial score (nSPS) is 16.9. The molecule has 1 aliphatic carbocycles. The van der Waals surface area contributed by atoms with Crippen LogP contribution in [0.4, 0.5) is 5.69 Å². The molecular formula is C23H23ClN2. The van der Waals surface area contributed by atoms with Gasteiger partial charge in [0.2, 0.25) is 0 Å². The summed E-state index contributed by atoms with van der Waals surface area (Å²) in [6.07, 6.45) is 10.5. The molecule has 2 N–H and O–H groups in total. The molecule has 1 heterocycles. The summed E-state index contributed by atoms with van der Waals surface area (Å²) in [6, 6.07) is 13.2. The zero-order chi connectivity index (χ0) is 18.3. The lowest BCUT2D eigenvalue weighted by molar-refractivity contribution is 0.629. The van der Waals surface area contributed by atoms with E-state index in [1.54, 1.807) is 0 Å². The fourth-order valence-corrected chi connectivity index (χ4v) is 3.91. The summed E-state index contributed by atoms with van der Waals surface area (Å²) in [5.41, 5.74) is 13.2. The predicted molar refractivity (Wildman–Crippen MR) is 113 cm³/mol. The van der Waals surface area contributed by atoms with Gasteiger partial charge in [-0.2, -0.15) is 0 Å². The first-order valence-electron chi connectivity index (χ1n) is 9.11. The van der Waals surface area contributed by atoms with Crippen LogP contribution in [0.5, 0.6) is 0 Å². The van der Waals surface area contributed by atoms with Gasteiger partial charge in [-0.05, 0) is 60.7 Å². The Labute approximate surface area is 159 Å². The number of nitrogens with two attached hydrogens (primary N) is 1. The lowest BCUT2D eigenvalue weighted by Crippen LogP contribution is -2.06. The van der Waals surface area contributed by atoms with Crippen LogP contribution in [-0.4, -0.2) is 4.57 Å². The molecule has 0 fully saturated rings. The molecule has 2 aromatic carbocycles. The Kier molecular flexibility index (Phi) is 4.37. The van der Waals surface area contributed by atoms with Crippen LogP contribution in [0, 0.1) is 6.92 Å². The molecule has 1 aliphatic rings. The molecule has 1 unspecified atom stereocenters. The number of hydrogen-bond acceptors (Lipinski definition) is 1. The summed E-state index contributed by atoms with van der Waals surface area (Å²) >= 11 is 6.12. The first-order valence-corrected chi connectivity index (χ1v) is 9.49. The average molecular weight is 363 g/mol. The molecule has 0 amide bonds. The van der Waals surface area contributed by atoms with E-state index in [2.05, 4.69) is 61.0 Å². The fourth-order valence-electron chi connectivity index (χ4n) is 3.75. The van der Waals surface area contributed by atoms with Crippen LogP contribution in [-0.2, 0) is 6.42 Å². The van der Waals surface area contributed by atoms with E-state index < -0.39 is 0 Å². The highest BCUT2D eigenvalue weighted by Gasteiger charge is 2.18. The zero-order valence-corrected chi connectivity index (χ0v) is 15.9. The van der Waals surface area contributed by atoms with E-state index in [1.165, 1.54) is 27.6 Å². The van der Waals surface area contributed by atoms with Gasteiger partial charge in [0.05, 0.1) is 6.04 Å². The highest BCUT2D eigenvalue weighted by Crippen LogP contribution is 2.38. The summed E-state index contributed by atoms with van der Waals surface area (Å²) in [5.74, 6) is 0. The van der Waals surface area contributed by atoms with Crippen molar-refractivity contribution in [1.82, 2.24) is 4.57 Å². The second kappa shape index (κ2) is 6.69. The van der Waals surface area contributed by atoms with E-state index in [4.69, 9.17) is 17.3 Å². The van der Waals surface area contributed by atoms with Crippen molar-refractivity contribution in [1.29, 1.82) is 0 Å². The number of allylic oxidation sites excluding steroid dienone is 4. The van der Waals surface area contributed by atoms with Gasteiger partial charge in [0.15, 0.2) is 0 Å². The molecule has 3 aromatic rings. The monoisotopic (exact) mass is 362 g/mol. The number of hydrogen-bond donors (Lipinski definition) is 1. The molecule has 1 aromatic heterocycles. The third-order valence-electron chi connectivity index (χ3n) is 5.36. The van der Waals surface area contributed by atoms with Gasteiger partial charge in [-0.15, -0.1) is 0 Å². The van der Waals surface area contributed by atoms with Crippen LogP contribution in [0.1, 0.15) is 30.5 Å². The van der Waals surface area contributed by atoms with Gasteiger partial charge < -0.3 is 10.3 Å². The van der Waals surface area contributed by atoms with Gasteiger partial charge in [0.1, 0.15) is 0 Å². The van der Waals surface area contributed by atoms with Gasteiger partial charge in [-0.25, -0.2) is 0 Å². The largest absolute Gasteiger partial charge is 0.398 e. The van der Waals surface area contributed by atoms with Crippen LogP contribution < -0.4 is 5.73 Å². The van der Waals surface area contributed by atoms with E-state index in [1.807, 2.05) is 18.2 Å². The number of aromatic nitrogens is 1. The molecule has 26 heavy (non-hydrogen) atoms. The lowest BCUT2D eigenvalue weighted by Gasteiger charge is -2.17. The topological polar surface area (TPSA) is 30.9 Å². The number of halogens is 1. The van der Waals surface area contributed by atoms with Crippen molar-refractivity contribution in [2.75, 3.05) is 5.73 Å². The highest BCUT2D eigenvalue weighted by molar-refractivity contribution is 6.31. The first kappa shape index (κ1) is 17.0. The maximum Gasteiger partial charge on any atom is 0.0555 e. The van der Waals surface area contributed by atoms with Crippen molar-refractivity contribution in [2.45, 2.75) is 32.7 Å². The van der Waals surface area contributed by atoms with Crippen molar-refractivity contribution in [3.05, 3.63) is 77.0 Å². The number of nitrogens with zero attached hydrogens (tertiary/aromatic N) is 1. The Bertz CT molecular complexity index is 1040. The van der Waals surface area contributed by atoms with Crippen LogP contribution in [0.15, 0.2) is 65.9 Å². The molecule has 0 saturated heterocycles. The molecule has 0 bridgehead atoms. The van der Waals surface area contributed by atoms with E-state index >= 15 is 0 Å². The number of aryl methyl sites for hydroxylation is 1. The lowest BCUT2D eigenvalue weighted by atomic mass is 9.98. The second-order valence-electron chi connectivity index (χ2n) is 6.93. The predicted octanol–water partition coefficient (Wildman–Crippen LogP) is 6.39. The van der Waals surface area contributed by atoms with E-state index in [0.717, 1.165) is 29.1 Å². The quantitative estimate of drug-likeness (QED) is 0.538. The SMILES string of the molecule is CCc1ccc2c(c1)c(-c1cccc(N)c1C)cn2C1C=CC(Cl)=CC1. The Morgan fingerprint density at radius 2 is 2.04 bits per heavy atom. The summed E-state index contributed by atoms with van der Waals surface area (Å²) in [5, 5.41) is 2.10. The average Bonchev–Trinajstić information content (AvgIpc) is 3.03. The summed E-state index contributed by atoms with van der Waals surface area (Å²) in [6.45, 7) is 4.29. The number of nitrogen functional groups attached to an aromatic ring is 1. The van der Waals surface area contributed by atoms with E-state index in [9.17, 15) is 0 Å². The van der Waals surface area contributed by atoms with E-state index in [0.29, 0.717) is 0 Å². The Morgan fingerprint density at radius 3 is 2.77 bits per heavy atom. The highest BCUT2D eigenvalue weighted by atomic mass is 35.5. The number of anilines is 1. The number of fused-ring (bicyclic) bond motifs is 1. The number of benzene rings is 2. The second-order valence-corrected chi connectivity index (χ2v) is 7.36. The van der Waals surface area contributed by atoms with Crippen molar-refractivity contribution in [3.63, 3.8) is 0 Å². The Morgan fingerprint density at radius 1 is 1.19 bits per heavy atom. The third-order valence-corrected chi connectivity index (χ3v) is 5.64. The van der Waals surface area contributed by atoms with Crippen LogP contribution in [0.3, 0.4) is 0 Å². The van der Waals surface area contributed by atoms with Crippen molar-refractivity contribution >= 4 is 28.2 Å². The van der Waals surface area contributed by atoms with Gasteiger partial charge in [-0.3, -0.25) is 0 Å². The molecule has 0 aliphatic heterocycles. The van der Waals surface area contributed by atoms with Crippen molar-refractivity contribution in [3.8, 4) is 11.1 Å². The Balaban J connectivity index is 1.95. The maximum atomic E-state index is 6.18. The van der Waals surface area contributed by atoms with Crippen molar-refractivity contribution in [2.24, 2.45) is 0 Å². The van der Waals surface area contributed by atoms with Crippen LogP contribution in [0.2, 0.25) is 0 Å². The minimum Gasteiger partial charge on any atom is -0.398 e. The number of rotatable bonds is 3. The molecule has 1 atom stereocenters. The zero-order valence-electron chi connectivity index (χ0n) is 15.2. The first-order chi connectivity index (χ1) is 12.6. The van der Waals surface area contributed by atoms with Gasteiger partial charge in [-0.1, -0.05) is 48.9 Å². The maximum absolute atomic E-state index is 6.18. The smallest absolute Gasteiger partial charge is 0.0555 e. The molecule has 0 spiro atoms. The van der Waals surface area contributed by atoms with Gasteiger partial charge in [0, 0.05) is 33.4 Å². The van der Waals surface area contributed by atoms with Crippen molar-refractivity contribution < 1.29 is 0 Å². The summed E-state index contributed by atoms with van der Waals surface area (Å²) in [7, 11) is 0. The summed E-state index contributed by atoms with van der Waals surface area (Å²) < 4.78 is 2.36.